The molecule has 2 aromatic carbocycles. The average Bonchev–Trinajstić information content (AvgIpc) is 3.42. The Balaban J connectivity index is 1.49. The molecule has 1 amide bonds. The Kier molecular flexibility index (Phi) is 9.90. The second-order valence-electron chi connectivity index (χ2n) is 10.4. The maximum absolute atomic E-state index is 13.5. The van der Waals surface area contributed by atoms with Crippen LogP contribution in [-0.2, 0) is 20.8 Å². The standard InChI is InChI=1S/C29H31F5N4O5S/c1-3-44(41,42)24-10-6-19(7-11-24)25(16-39)37-26(40)21-13-35-27(36-14-21)38-15-20(12-23(38)17-43-28(2,30)31)18-4-8-22(9-5-18)29(32,33)34/h4-11,13-14,20,23,25,39H,3,12,15-17H2,1-2H3,(H,37,40)/t20?,23-,25-/m0/s1. The lowest BCUT2D eigenvalue weighted by molar-refractivity contribution is -0.225. The van der Waals surface area contributed by atoms with Crippen LogP contribution in [0.1, 0.15) is 59.3 Å². The van der Waals surface area contributed by atoms with Gasteiger partial charge in [-0.05, 0) is 41.8 Å². The van der Waals surface area contributed by atoms with Crippen molar-refractivity contribution in [3.8, 4) is 0 Å². The molecular formula is C29H31F5N4O5S. The Morgan fingerprint density at radius 1 is 1.07 bits per heavy atom. The fraction of sp³-hybridized carbons (Fsp3) is 0.414. The molecule has 2 heterocycles. The van der Waals surface area contributed by atoms with Gasteiger partial charge in [-0.3, -0.25) is 4.79 Å². The predicted octanol–water partition coefficient (Wildman–Crippen LogP) is 4.74. The van der Waals surface area contributed by atoms with Crippen LogP contribution < -0.4 is 10.2 Å². The summed E-state index contributed by atoms with van der Waals surface area (Å²) in [5, 5.41) is 12.5. The van der Waals surface area contributed by atoms with Crippen LogP contribution >= 0.6 is 0 Å². The summed E-state index contributed by atoms with van der Waals surface area (Å²) >= 11 is 0. The zero-order valence-corrected chi connectivity index (χ0v) is 24.6. The molecule has 0 aliphatic carbocycles. The number of carbonyl (C=O) groups is 1. The van der Waals surface area contributed by atoms with Gasteiger partial charge in [-0.2, -0.15) is 22.0 Å². The van der Waals surface area contributed by atoms with Crippen LogP contribution in [0, 0.1) is 0 Å². The third-order valence-corrected chi connectivity index (χ3v) is 9.07. The van der Waals surface area contributed by atoms with Gasteiger partial charge >= 0.3 is 12.3 Å². The molecule has 1 unspecified atom stereocenters. The molecule has 9 nitrogen and oxygen atoms in total. The zero-order chi connectivity index (χ0) is 32.3. The maximum Gasteiger partial charge on any atom is 0.416 e. The molecule has 1 fully saturated rings. The van der Waals surface area contributed by atoms with E-state index < -0.39 is 58.9 Å². The number of alkyl halides is 5. The van der Waals surface area contributed by atoms with Gasteiger partial charge in [0.25, 0.3) is 5.91 Å². The number of rotatable bonds is 11. The number of benzene rings is 2. The first kappa shape index (κ1) is 33.2. The molecule has 3 aromatic rings. The number of amides is 1. The van der Waals surface area contributed by atoms with Crippen molar-refractivity contribution in [1.29, 1.82) is 0 Å². The van der Waals surface area contributed by atoms with Crippen LogP contribution in [-0.4, -0.2) is 67.1 Å². The van der Waals surface area contributed by atoms with Gasteiger partial charge in [0, 0.05) is 31.8 Å². The number of aliphatic hydroxyl groups is 1. The highest BCUT2D eigenvalue weighted by molar-refractivity contribution is 7.91. The van der Waals surface area contributed by atoms with Gasteiger partial charge in [-0.25, -0.2) is 18.4 Å². The van der Waals surface area contributed by atoms with E-state index >= 15 is 0 Å². The third kappa shape index (κ3) is 8.07. The van der Waals surface area contributed by atoms with Crippen molar-refractivity contribution in [1.82, 2.24) is 15.3 Å². The molecule has 1 saturated heterocycles. The fourth-order valence-corrected chi connectivity index (χ4v) is 5.77. The van der Waals surface area contributed by atoms with Gasteiger partial charge < -0.3 is 20.1 Å². The molecular weight excluding hydrogens is 611 g/mol. The molecule has 3 atom stereocenters. The van der Waals surface area contributed by atoms with E-state index in [-0.39, 0.29) is 41.0 Å². The molecule has 0 radical (unpaired) electrons. The van der Waals surface area contributed by atoms with E-state index in [2.05, 4.69) is 15.3 Å². The molecule has 2 N–H and O–H groups in total. The van der Waals surface area contributed by atoms with Gasteiger partial charge in [0.1, 0.15) is 0 Å². The summed E-state index contributed by atoms with van der Waals surface area (Å²) in [6.07, 6.45) is -5.18. The monoisotopic (exact) mass is 642 g/mol. The maximum atomic E-state index is 13.5. The summed E-state index contributed by atoms with van der Waals surface area (Å²) in [5.41, 5.74) is 0.281. The van der Waals surface area contributed by atoms with Gasteiger partial charge in [-0.1, -0.05) is 31.2 Å². The van der Waals surface area contributed by atoms with Crippen molar-refractivity contribution in [2.75, 3.05) is 30.4 Å². The number of hydrogen-bond donors (Lipinski definition) is 2. The van der Waals surface area contributed by atoms with E-state index in [9.17, 15) is 40.3 Å². The summed E-state index contributed by atoms with van der Waals surface area (Å²) in [4.78, 5) is 23.1. The van der Waals surface area contributed by atoms with Gasteiger partial charge in [0.2, 0.25) is 5.95 Å². The highest BCUT2D eigenvalue weighted by Gasteiger charge is 2.37. The number of nitrogens with one attached hydrogen (secondary N) is 1. The first-order valence-corrected chi connectivity index (χ1v) is 15.3. The van der Waals surface area contributed by atoms with Crippen molar-refractivity contribution in [2.24, 2.45) is 0 Å². The summed E-state index contributed by atoms with van der Waals surface area (Å²) in [6, 6.07) is 8.91. The van der Waals surface area contributed by atoms with Crippen LogP contribution in [0.25, 0.3) is 0 Å². The number of aromatic nitrogens is 2. The van der Waals surface area contributed by atoms with E-state index in [0.717, 1.165) is 12.1 Å². The van der Waals surface area contributed by atoms with Crippen LogP contribution in [0.15, 0.2) is 65.8 Å². The summed E-state index contributed by atoms with van der Waals surface area (Å²) in [6.45, 7) is 1.45. The first-order chi connectivity index (χ1) is 20.6. The molecule has 4 rings (SSSR count). The van der Waals surface area contributed by atoms with Crippen LogP contribution in [0.2, 0.25) is 0 Å². The molecule has 44 heavy (non-hydrogen) atoms. The minimum Gasteiger partial charge on any atom is -0.394 e. The Morgan fingerprint density at radius 2 is 1.68 bits per heavy atom. The lowest BCUT2D eigenvalue weighted by Crippen LogP contribution is -2.36. The summed E-state index contributed by atoms with van der Waals surface area (Å²) in [5.74, 6) is -0.924. The van der Waals surface area contributed by atoms with Crippen LogP contribution in [0.3, 0.4) is 0 Å². The summed E-state index contributed by atoms with van der Waals surface area (Å²) in [7, 11) is -3.42. The Labute approximate surface area is 251 Å². The number of anilines is 1. The number of aliphatic hydroxyl groups excluding tert-OH is 1. The second-order valence-corrected chi connectivity index (χ2v) is 12.7. The van der Waals surface area contributed by atoms with Crippen molar-refractivity contribution in [2.45, 2.75) is 55.5 Å². The lowest BCUT2D eigenvalue weighted by atomic mass is 9.95. The Morgan fingerprint density at radius 3 is 2.20 bits per heavy atom. The SMILES string of the molecule is CCS(=O)(=O)c1ccc([C@H](CO)NC(=O)c2cnc(N3CC(c4ccc(C(F)(F)F)cc4)C[C@H]3COC(C)(F)F)nc2)cc1. The number of ether oxygens (including phenoxy) is 1. The smallest absolute Gasteiger partial charge is 0.394 e. The van der Waals surface area contributed by atoms with E-state index in [1.807, 2.05) is 0 Å². The van der Waals surface area contributed by atoms with E-state index in [1.54, 1.807) is 4.90 Å². The van der Waals surface area contributed by atoms with E-state index in [1.165, 1.54) is 55.7 Å². The van der Waals surface area contributed by atoms with Crippen molar-refractivity contribution < 1.29 is 45.0 Å². The van der Waals surface area contributed by atoms with Crippen LogP contribution in [0.4, 0.5) is 27.9 Å². The first-order valence-electron chi connectivity index (χ1n) is 13.6. The fourth-order valence-electron chi connectivity index (χ4n) is 4.88. The molecule has 1 aliphatic rings. The minimum atomic E-state index is -4.50. The number of nitrogens with zero attached hydrogens (tertiary/aromatic N) is 3. The topological polar surface area (TPSA) is 122 Å². The predicted molar refractivity (Wildman–Crippen MR) is 150 cm³/mol. The van der Waals surface area contributed by atoms with Crippen LogP contribution in [0.5, 0.6) is 0 Å². The van der Waals surface area contributed by atoms with Gasteiger partial charge in [0.05, 0.1) is 47.1 Å². The number of carbonyl (C=O) groups excluding carboxylic acids is 1. The third-order valence-electron chi connectivity index (χ3n) is 7.32. The zero-order valence-electron chi connectivity index (χ0n) is 23.8. The lowest BCUT2D eigenvalue weighted by Gasteiger charge is -2.25. The van der Waals surface area contributed by atoms with E-state index in [0.29, 0.717) is 18.1 Å². The summed E-state index contributed by atoms with van der Waals surface area (Å²) < 4.78 is 94.9. The van der Waals surface area contributed by atoms with Gasteiger partial charge in [-0.15, -0.1) is 0 Å². The number of halogens is 5. The largest absolute Gasteiger partial charge is 0.416 e. The molecule has 1 aliphatic heterocycles. The molecule has 0 saturated carbocycles. The van der Waals surface area contributed by atoms with Crippen molar-refractivity contribution in [3.63, 3.8) is 0 Å². The van der Waals surface area contributed by atoms with Gasteiger partial charge in [0.15, 0.2) is 9.84 Å². The molecule has 0 bridgehead atoms. The minimum absolute atomic E-state index is 0.0313. The number of hydrogen-bond acceptors (Lipinski definition) is 8. The second kappa shape index (κ2) is 13.1. The molecule has 0 spiro atoms. The van der Waals surface area contributed by atoms with Crippen molar-refractivity contribution >= 4 is 21.7 Å². The van der Waals surface area contributed by atoms with Crippen molar-refractivity contribution in [3.05, 3.63) is 83.2 Å². The highest BCUT2D eigenvalue weighted by atomic mass is 32.2. The quantitative estimate of drug-likeness (QED) is 0.288. The molecule has 15 heteroatoms. The highest BCUT2D eigenvalue weighted by Crippen LogP contribution is 2.36. The normalized spacial score (nSPS) is 18.3. The van der Waals surface area contributed by atoms with E-state index in [4.69, 9.17) is 4.74 Å². The Bertz CT molecular complexity index is 1530. The molecule has 238 valence electrons. The molecule has 1 aromatic heterocycles. The average molecular weight is 643 g/mol. The Hall–Kier alpha value is -3.69. The number of sulfone groups is 1.